The van der Waals surface area contributed by atoms with Crippen molar-refractivity contribution in [3.63, 3.8) is 0 Å². The van der Waals surface area contributed by atoms with Crippen LogP contribution < -0.4 is 11.5 Å². The smallest absolute Gasteiger partial charge is 0.350 e. The minimum absolute atomic E-state index is 0.0681. The molecule has 0 aliphatic heterocycles. The predicted molar refractivity (Wildman–Crippen MR) is 78.5 cm³/mol. The fraction of sp³-hybridized carbons (Fsp3) is 0.0833. The number of nitrogens with two attached hydrogens (primary N) is 2. The molecule has 20 heavy (non-hydrogen) atoms. The monoisotopic (exact) mass is 364 g/mol. The summed E-state index contributed by atoms with van der Waals surface area (Å²) in [6.07, 6.45) is 0. The number of thiophene rings is 1. The first-order chi connectivity index (χ1) is 9.36. The third kappa shape index (κ3) is 4.17. The summed E-state index contributed by atoms with van der Waals surface area (Å²) >= 11 is 4.17. The second kappa shape index (κ2) is 7.20. The first-order valence-electron chi connectivity index (χ1n) is 5.18. The van der Waals surface area contributed by atoms with Crippen LogP contribution in [0.5, 0.6) is 0 Å². The number of halogens is 3. The number of carbonyl (C=O) groups is 1. The molecular weight excluding hydrogens is 354 g/mol. The van der Waals surface area contributed by atoms with Crippen LogP contribution in [-0.4, -0.2) is 13.1 Å². The summed E-state index contributed by atoms with van der Waals surface area (Å²) in [6, 6.07) is 3.52. The Morgan fingerprint density at radius 1 is 1.35 bits per heavy atom. The van der Waals surface area contributed by atoms with Crippen molar-refractivity contribution in [2.75, 3.05) is 18.6 Å². The quantitative estimate of drug-likeness (QED) is 0.600. The predicted octanol–water partition coefficient (Wildman–Crippen LogP) is 3.43. The average molecular weight is 365 g/mol. The van der Waals surface area contributed by atoms with Gasteiger partial charge in [0, 0.05) is 10.5 Å². The highest BCUT2D eigenvalue weighted by molar-refractivity contribution is 9.10. The van der Waals surface area contributed by atoms with Crippen molar-refractivity contribution in [1.82, 2.24) is 0 Å². The van der Waals surface area contributed by atoms with Crippen LogP contribution in [-0.2, 0) is 4.74 Å². The van der Waals surface area contributed by atoms with Crippen molar-refractivity contribution in [2.24, 2.45) is 0 Å². The number of rotatable bonds is 1. The van der Waals surface area contributed by atoms with Crippen molar-refractivity contribution in [3.8, 4) is 0 Å². The van der Waals surface area contributed by atoms with Gasteiger partial charge in [0.25, 0.3) is 0 Å². The molecule has 0 saturated heterocycles. The third-order valence-electron chi connectivity index (χ3n) is 2.11. The second-order valence-electron chi connectivity index (χ2n) is 3.48. The number of carbonyl (C=O) groups excluding carboxylic acids is 1. The minimum atomic E-state index is -0.744. The maximum absolute atomic E-state index is 12.4. The zero-order chi connectivity index (χ0) is 15.3. The van der Waals surface area contributed by atoms with E-state index in [1.165, 1.54) is 18.4 Å². The molecule has 1 aromatic carbocycles. The molecule has 0 radical (unpaired) electrons. The summed E-state index contributed by atoms with van der Waals surface area (Å²) in [6.45, 7) is 0. The number of hydrogen-bond acceptors (Lipinski definition) is 5. The molecule has 0 unspecified atom stereocenters. The van der Waals surface area contributed by atoms with Crippen LogP contribution in [0.4, 0.5) is 20.2 Å². The lowest BCUT2D eigenvalue weighted by Crippen LogP contribution is -2.00. The number of anilines is 2. The van der Waals surface area contributed by atoms with Gasteiger partial charge in [0.05, 0.1) is 18.5 Å². The zero-order valence-corrected chi connectivity index (χ0v) is 12.7. The maximum atomic E-state index is 12.4. The molecule has 0 fully saturated rings. The van der Waals surface area contributed by atoms with Gasteiger partial charge >= 0.3 is 5.97 Å². The summed E-state index contributed by atoms with van der Waals surface area (Å²) < 4.78 is 29.4. The Morgan fingerprint density at radius 3 is 2.45 bits per heavy atom. The van der Waals surface area contributed by atoms with E-state index in [2.05, 4.69) is 20.7 Å². The van der Waals surface area contributed by atoms with Gasteiger partial charge in [-0.3, -0.25) is 0 Å². The molecule has 4 nitrogen and oxygen atoms in total. The first kappa shape index (κ1) is 16.4. The molecule has 1 aromatic heterocycles. The van der Waals surface area contributed by atoms with Gasteiger partial charge in [-0.25, -0.2) is 13.6 Å². The van der Waals surface area contributed by atoms with Crippen LogP contribution in [0.15, 0.2) is 28.1 Å². The zero-order valence-electron chi connectivity index (χ0n) is 10.3. The average Bonchev–Trinajstić information content (AvgIpc) is 2.82. The van der Waals surface area contributed by atoms with Crippen molar-refractivity contribution in [1.29, 1.82) is 0 Å². The van der Waals surface area contributed by atoms with Gasteiger partial charge in [-0.2, -0.15) is 0 Å². The van der Waals surface area contributed by atoms with Gasteiger partial charge in [-0.05, 0) is 33.4 Å². The lowest BCUT2D eigenvalue weighted by molar-refractivity contribution is 0.0607. The number of ether oxygens (including phenoxy) is 1. The fourth-order valence-electron chi connectivity index (χ4n) is 1.13. The molecule has 0 atom stereocenters. The van der Waals surface area contributed by atoms with Gasteiger partial charge in [0.2, 0.25) is 0 Å². The van der Waals surface area contributed by atoms with Gasteiger partial charge in [0.1, 0.15) is 16.5 Å². The van der Waals surface area contributed by atoms with Gasteiger partial charge in [0.15, 0.2) is 0 Å². The highest BCUT2D eigenvalue weighted by Crippen LogP contribution is 2.23. The Morgan fingerprint density at radius 2 is 2.00 bits per heavy atom. The molecule has 0 aliphatic rings. The van der Waals surface area contributed by atoms with Gasteiger partial charge in [-0.15, -0.1) is 11.3 Å². The summed E-state index contributed by atoms with van der Waals surface area (Å²) in [5.74, 6) is -1.75. The fourth-order valence-corrected chi connectivity index (χ4v) is 2.27. The second-order valence-corrected chi connectivity index (χ2v) is 5.25. The Kier molecular flexibility index (Phi) is 5.90. The van der Waals surface area contributed by atoms with Crippen molar-refractivity contribution in [2.45, 2.75) is 0 Å². The van der Waals surface area contributed by atoms with Gasteiger partial charge < -0.3 is 16.2 Å². The largest absolute Gasteiger partial charge is 0.465 e. The topological polar surface area (TPSA) is 78.3 Å². The molecule has 0 amide bonds. The van der Waals surface area contributed by atoms with Crippen LogP contribution in [0.3, 0.4) is 0 Å². The van der Waals surface area contributed by atoms with Crippen molar-refractivity contribution < 1.29 is 18.3 Å². The molecule has 2 rings (SSSR count). The lowest BCUT2D eigenvalue weighted by atomic mass is 10.3. The van der Waals surface area contributed by atoms with Crippen LogP contribution >= 0.6 is 27.3 Å². The van der Waals surface area contributed by atoms with Crippen molar-refractivity contribution in [3.05, 3.63) is 44.6 Å². The molecule has 1 heterocycles. The van der Waals surface area contributed by atoms with Crippen molar-refractivity contribution >= 4 is 44.6 Å². The van der Waals surface area contributed by atoms with E-state index in [-0.39, 0.29) is 16.1 Å². The Labute approximate surface area is 126 Å². The Hall–Kier alpha value is -1.67. The van der Waals surface area contributed by atoms with E-state index in [4.69, 9.17) is 11.5 Å². The number of nitrogen functional groups attached to an aromatic ring is 2. The molecule has 0 spiro atoms. The lowest BCUT2D eigenvalue weighted by Gasteiger charge is -1.98. The van der Waals surface area contributed by atoms with Crippen LogP contribution in [0.1, 0.15) is 9.67 Å². The van der Waals surface area contributed by atoms with Crippen LogP contribution in [0.25, 0.3) is 0 Å². The standard InChI is InChI=1S/C6H4BrF2N.C6H7NO2S/c7-4-1-3(8)2-5(9)6(4)10;1-9-6(8)5-4(7)2-3-10-5/h1-2H,10H2;2-3H,7H2,1H3. The molecule has 108 valence electrons. The summed E-state index contributed by atoms with van der Waals surface area (Å²) in [4.78, 5) is 11.3. The molecule has 0 aliphatic carbocycles. The Balaban J connectivity index is 0.000000200. The highest BCUT2D eigenvalue weighted by atomic mass is 79.9. The summed E-state index contributed by atoms with van der Waals surface area (Å²) in [5.41, 5.74) is 11.0. The SMILES string of the molecule is COC(=O)c1sccc1N.Nc1c(F)cc(F)cc1Br. The molecule has 4 N–H and O–H groups in total. The van der Waals surface area contributed by atoms with E-state index >= 15 is 0 Å². The van der Waals surface area contributed by atoms with E-state index < -0.39 is 11.6 Å². The first-order valence-corrected chi connectivity index (χ1v) is 6.85. The summed E-state index contributed by atoms with van der Waals surface area (Å²) in [5, 5.41) is 1.75. The minimum Gasteiger partial charge on any atom is -0.465 e. The number of hydrogen-bond donors (Lipinski definition) is 2. The number of esters is 1. The highest BCUT2D eigenvalue weighted by Gasteiger charge is 2.09. The van der Waals surface area contributed by atoms with Crippen LogP contribution in [0.2, 0.25) is 0 Å². The molecule has 8 heteroatoms. The third-order valence-corrected chi connectivity index (χ3v) is 3.68. The normalized spacial score (nSPS) is 9.60. The Bertz CT molecular complexity index is 596. The van der Waals surface area contributed by atoms with E-state index in [0.29, 0.717) is 10.6 Å². The van der Waals surface area contributed by atoms with E-state index in [1.54, 1.807) is 11.4 Å². The molecule has 2 aromatic rings. The van der Waals surface area contributed by atoms with Crippen LogP contribution in [0, 0.1) is 11.6 Å². The van der Waals surface area contributed by atoms with E-state index in [9.17, 15) is 13.6 Å². The van der Waals surface area contributed by atoms with Gasteiger partial charge in [-0.1, -0.05) is 0 Å². The van der Waals surface area contributed by atoms with E-state index in [0.717, 1.165) is 12.1 Å². The van der Waals surface area contributed by atoms with E-state index in [1.807, 2.05) is 0 Å². The molecule has 0 bridgehead atoms. The maximum Gasteiger partial charge on any atom is 0.350 e. The number of benzene rings is 1. The molecule has 0 saturated carbocycles. The summed E-state index contributed by atoms with van der Waals surface area (Å²) in [7, 11) is 1.33. The molecular formula is C12H11BrF2N2O2S. The number of methoxy groups -OCH3 is 1.